The van der Waals surface area contributed by atoms with Crippen LogP contribution in [-0.4, -0.2) is 373 Å². The summed E-state index contributed by atoms with van der Waals surface area (Å²) in [5.41, 5.74) is 9.77. The van der Waals surface area contributed by atoms with Crippen LogP contribution < -0.4 is 16.4 Å². The van der Waals surface area contributed by atoms with Crippen LogP contribution in [0.4, 0.5) is 10.1 Å². The van der Waals surface area contributed by atoms with Gasteiger partial charge in [-0.1, -0.05) is 5.04 Å². The standard InChI is InChI=1S/C36H51FN4O8.CH4O.H2O3.25H2O2.H2/c1-24-32(23-30-29-22-26(37)12-13-31(29)41-35(30)44)40-25(2)34(24)36(45)39-15-7-10-28(42)14-17-48-19-21-49-20-18-47-16-5-4-8-27(38)9-6-11-33(43)46-3;1-2;1-3-2;25*1-2;/h12-13,22-23,27,40H,4-11,14-21,38H2,1-3H3,(H,39,45)(H,41,44);2H,1H3;1-2H;25*1-2H;1H/b30-23-;;;;;;;;;;;;;;;;;;;;;;;;;;;;/i;;;;;;;;;;;;;;;;;;;;;;;;;;;;1+1. The number of esters is 1. The normalized spacial score (nSPS) is 8.14. The Kier molecular flexibility index (Phi) is 400. The molecule has 0 radical (unpaired) electrons. The predicted octanol–water partition coefficient (Wildman–Crippen LogP) is 4.86. The van der Waals surface area contributed by atoms with Crippen molar-refractivity contribution >= 4 is 40.9 Å². The first-order chi connectivity index (χ1) is 51.0. The zero-order valence-electron chi connectivity index (χ0n) is 54.0. The molecule has 0 spiro atoms. The Morgan fingerprint density at radius 2 is 0.817 bits per heavy atom. The molecule has 66 nitrogen and oxygen atoms in total. The zero-order chi connectivity index (χ0) is 90.3. The molecule has 0 bridgehead atoms. The molecular formula is C37H109FN4O62. The second kappa shape index (κ2) is 240. The highest BCUT2D eigenvalue weighted by atomic mass is 19.1. The number of ketones is 1. The van der Waals surface area contributed by atoms with Gasteiger partial charge in [-0.05, 0) is 82.2 Å². The minimum Gasteiger partial charge on any atom is -0.469 e. The van der Waals surface area contributed by atoms with Crippen LogP contribution in [0.5, 0.6) is 0 Å². The number of Topliss-reactive ketones (excluding diaryl/α,β-unsaturated/α-hetero) is 1. The number of aryl methyl sites for hydroxylation is 1. The topological polar surface area (TPSA) is 1250 Å². The Morgan fingerprint density at radius 3 is 1.16 bits per heavy atom. The summed E-state index contributed by atoms with van der Waals surface area (Å²) >= 11 is 0. The number of benzene rings is 1. The van der Waals surface area contributed by atoms with Crippen molar-refractivity contribution in [3.05, 3.63) is 52.1 Å². The van der Waals surface area contributed by atoms with Crippen molar-refractivity contribution in [2.45, 2.75) is 77.7 Å². The number of carbonyl (C=O) groups excluding carboxylic acids is 4. The van der Waals surface area contributed by atoms with Gasteiger partial charge >= 0.3 is 5.97 Å². The Morgan fingerprint density at radius 1 is 0.490 bits per heavy atom. The van der Waals surface area contributed by atoms with Crippen LogP contribution in [-0.2, 0) is 38.4 Å². The number of H-pyrrole nitrogens is 1. The number of ether oxygens (including phenoxy) is 4. The summed E-state index contributed by atoms with van der Waals surface area (Å²) in [6.45, 7) is 6.62. The molecule has 0 fully saturated rings. The van der Waals surface area contributed by atoms with Gasteiger partial charge in [0.1, 0.15) is 11.6 Å². The van der Waals surface area contributed by atoms with E-state index in [1.807, 2.05) is 0 Å². The molecule has 0 saturated heterocycles. The number of rotatable bonds is 24. The lowest BCUT2D eigenvalue weighted by Gasteiger charge is -2.11. The van der Waals surface area contributed by atoms with Gasteiger partial charge in [-0.3, -0.25) is 282 Å². The molecule has 1 aromatic carbocycles. The Bertz CT molecular complexity index is 1530. The number of aliphatic hydroxyl groups is 1. The number of anilines is 1. The molecule has 2 aromatic rings. The fourth-order valence-corrected chi connectivity index (χ4v) is 5.50. The average Bonchev–Trinajstić information content (AvgIpc) is 1.64. The number of halogens is 1. The van der Waals surface area contributed by atoms with E-state index in [-0.39, 0.29) is 31.0 Å². The third-order valence-electron chi connectivity index (χ3n) is 8.24. The van der Waals surface area contributed by atoms with Gasteiger partial charge in [0.05, 0.1) is 51.3 Å². The van der Waals surface area contributed by atoms with Crippen LogP contribution in [0.3, 0.4) is 0 Å². The van der Waals surface area contributed by atoms with E-state index in [4.69, 9.17) is 298 Å². The highest BCUT2D eigenvalue weighted by Crippen LogP contribution is 2.34. The average molecular weight is 1620 g/mol. The maximum atomic E-state index is 13.8. The second-order valence-corrected chi connectivity index (χ2v) is 12.2. The van der Waals surface area contributed by atoms with Crippen LogP contribution >= 0.6 is 0 Å². The summed E-state index contributed by atoms with van der Waals surface area (Å²) in [5, 5.41) is 328. The van der Waals surface area contributed by atoms with E-state index in [9.17, 15) is 23.6 Å². The molecule has 1 aliphatic rings. The number of unbranched alkanes of at least 4 members (excludes halogenated alkanes) is 1. The Labute approximate surface area is 580 Å². The Hall–Kier alpha value is -6.07. The van der Waals surface area contributed by atoms with Crippen LogP contribution in [0.15, 0.2) is 18.2 Å². The first kappa shape index (κ1) is 173. The van der Waals surface area contributed by atoms with Crippen molar-refractivity contribution in [1.82, 2.24) is 10.3 Å². The quantitative estimate of drug-likeness (QED) is 0.0219. The van der Waals surface area contributed by atoms with E-state index >= 15 is 0 Å². The lowest BCUT2D eigenvalue weighted by atomic mass is 10.0. The fraction of sp³-hybridized carbons (Fsp3) is 0.568. The van der Waals surface area contributed by atoms with Crippen molar-refractivity contribution in [1.29, 1.82) is 0 Å². The zero-order valence-corrected chi connectivity index (χ0v) is 54.0. The summed E-state index contributed by atoms with van der Waals surface area (Å²) in [6.07, 6.45) is 7.50. The molecule has 1 aromatic heterocycles. The number of hydrogen-bond acceptors (Lipinski definition) is 63. The van der Waals surface area contributed by atoms with Gasteiger partial charge in [0, 0.05) is 69.6 Å². The van der Waals surface area contributed by atoms with Gasteiger partial charge in [-0.2, -0.15) is 0 Å². The van der Waals surface area contributed by atoms with Crippen LogP contribution in [0.1, 0.15) is 92.1 Å². The lowest BCUT2D eigenvalue weighted by molar-refractivity contribution is -0.465. The highest BCUT2D eigenvalue weighted by molar-refractivity contribution is 6.35. The van der Waals surface area contributed by atoms with E-state index in [1.165, 1.54) is 25.3 Å². The van der Waals surface area contributed by atoms with Crippen LogP contribution in [0.2, 0.25) is 0 Å². The van der Waals surface area contributed by atoms with Gasteiger partial charge in [0.15, 0.2) is 0 Å². The fourth-order valence-electron chi connectivity index (χ4n) is 5.50. The third kappa shape index (κ3) is 158. The number of nitrogens with two attached hydrogens (primary N) is 1. The summed E-state index contributed by atoms with van der Waals surface area (Å²) in [4.78, 5) is 51.9. The summed E-state index contributed by atoms with van der Waals surface area (Å²) in [6, 6.07) is 4.20. The molecule has 58 N–H and O–H groups in total. The molecule has 104 heavy (non-hydrogen) atoms. The van der Waals surface area contributed by atoms with Gasteiger partial charge in [0.2, 0.25) is 0 Å². The van der Waals surface area contributed by atoms with Crippen LogP contribution in [0.25, 0.3) is 11.6 Å². The predicted molar refractivity (Wildman–Crippen MR) is 333 cm³/mol. The number of aliphatic hydroxyl groups excluding tert-OH is 1. The largest absolute Gasteiger partial charge is 0.469 e. The van der Waals surface area contributed by atoms with Crippen LogP contribution in [0, 0.1) is 19.7 Å². The maximum Gasteiger partial charge on any atom is 0.305 e. The molecule has 656 valence electrons. The molecule has 0 aliphatic carbocycles. The molecular weight excluding hydrogens is 1510 g/mol. The van der Waals surface area contributed by atoms with Crippen molar-refractivity contribution < 1.29 is 327 Å². The smallest absolute Gasteiger partial charge is 0.305 e. The number of carbonyl (C=O) groups is 4. The van der Waals surface area contributed by atoms with Crippen molar-refractivity contribution in [3.63, 3.8) is 0 Å². The molecule has 3 rings (SSSR count). The maximum absolute atomic E-state index is 13.8. The summed E-state index contributed by atoms with van der Waals surface area (Å²) < 4.78 is 35.0. The molecule has 1 atom stereocenters. The summed E-state index contributed by atoms with van der Waals surface area (Å²) in [5.74, 6) is -1.20. The van der Waals surface area contributed by atoms with E-state index < -0.39 is 5.82 Å². The van der Waals surface area contributed by atoms with E-state index in [2.05, 4.69) is 25.4 Å². The first-order valence-corrected chi connectivity index (χ1v) is 22.8. The van der Waals surface area contributed by atoms with E-state index in [0.29, 0.717) is 111 Å². The SMILES string of the molecule is CO.COC(=O)CCCC(N)CCCCOCCOCCOCCC(=O)CCCNC(=O)c1c(C)[nH]c(/C=C2\C(=O)Nc3ccc(F)cc32)c1C.OO.OO.OO.OO.OO.OO.OO.OO.OO.OO.OO.OO.OO.OO.OO.OO.OO.OO.OO.OO.OO.OO.OO.OO.OO.OOO.[2HH]. The number of aromatic nitrogens is 1. The molecule has 2 amide bonds. The van der Waals surface area contributed by atoms with Crippen molar-refractivity contribution in [2.24, 2.45) is 5.73 Å². The molecule has 2 heterocycles. The molecule has 0 saturated carbocycles. The molecule has 1 unspecified atom stereocenters. The summed E-state index contributed by atoms with van der Waals surface area (Å²) in [7, 11) is 2.39. The lowest BCUT2D eigenvalue weighted by Crippen LogP contribution is -2.26. The monoisotopic (exact) mass is 1620 g/mol. The number of amides is 2. The van der Waals surface area contributed by atoms with Crippen molar-refractivity contribution in [3.8, 4) is 0 Å². The third-order valence-corrected chi connectivity index (χ3v) is 8.24. The minimum absolute atomic E-state index is 0. The van der Waals surface area contributed by atoms with Gasteiger partial charge < -0.3 is 45.4 Å². The van der Waals surface area contributed by atoms with Gasteiger partial charge in [-0.25, -0.2) is 14.9 Å². The van der Waals surface area contributed by atoms with E-state index in [1.54, 1.807) is 19.9 Å². The minimum atomic E-state index is -0.442. The van der Waals surface area contributed by atoms with Crippen molar-refractivity contribution in [2.75, 3.05) is 65.7 Å². The number of hydrogen-bond donors (Lipinski definition) is 57. The van der Waals surface area contributed by atoms with Gasteiger partial charge in [0.25, 0.3) is 11.8 Å². The Balaban J connectivity index is -0.0000000389. The molecule has 67 heteroatoms. The van der Waals surface area contributed by atoms with Gasteiger partial charge in [-0.15, -0.1) is 0 Å². The molecule has 1 aliphatic heterocycles. The van der Waals surface area contributed by atoms with E-state index in [0.717, 1.165) is 39.2 Å². The number of methoxy groups -OCH3 is 1. The number of aromatic amines is 1. The number of nitrogens with one attached hydrogen (secondary N) is 3. The first-order valence-electron chi connectivity index (χ1n) is 22.8. The highest BCUT2D eigenvalue weighted by Gasteiger charge is 2.26. The second-order valence-electron chi connectivity index (χ2n) is 12.2. The number of fused-ring (bicyclic) bond motifs is 1.